The quantitative estimate of drug-likeness (QED) is 0.409. The molecule has 0 unspecified atom stereocenters. The van der Waals surface area contributed by atoms with Crippen molar-refractivity contribution in [3.63, 3.8) is 0 Å². The van der Waals surface area contributed by atoms with E-state index >= 15 is 0 Å². The number of thiazole rings is 1. The molecule has 0 bridgehead atoms. The van der Waals surface area contributed by atoms with Gasteiger partial charge in [0, 0.05) is 23.3 Å². The smallest absolute Gasteiger partial charge is 0.419 e. The van der Waals surface area contributed by atoms with Crippen molar-refractivity contribution in [3.05, 3.63) is 58.7 Å². The van der Waals surface area contributed by atoms with E-state index in [4.69, 9.17) is 10.5 Å². The number of carbonyl (C=O) groups is 1. The van der Waals surface area contributed by atoms with E-state index in [1.165, 1.54) is 35.7 Å². The van der Waals surface area contributed by atoms with Gasteiger partial charge in [0.25, 0.3) is 0 Å². The number of benzene rings is 1. The van der Waals surface area contributed by atoms with Gasteiger partial charge in [-0.1, -0.05) is 19.9 Å². The summed E-state index contributed by atoms with van der Waals surface area (Å²) < 4.78 is 47.0. The molecule has 0 saturated carbocycles. The van der Waals surface area contributed by atoms with Crippen LogP contribution in [0.4, 0.5) is 19.0 Å². The highest BCUT2D eigenvalue weighted by Gasteiger charge is 2.35. The van der Waals surface area contributed by atoms with E-state index in [9.17, 15) is 18.0 Å². The fourth-order valence-electron chi connectivity index (χ4n) is 3.63. The zero-order valence-corrected chi connectivity index (χ0v) is 20.0. The van der Waals surface area contributed by atoms with Gasteiger partial charge >= 0.3 is 6.18 Å². The molecule has 3 N–H and O–H groups in total. The van der Waals surface area contributed by atoms with E-state index in [0.29, 0.717) is 22.6 Å². The van der Waals surface area contributed by atoms with Crippen LogP contribution in [-0.2, 0) is 17.4 Å². The van der Waals surface area contributed by atoms with Gasteiger partial charge in [-0.3, -0.25) is 4.79 Å². The van der Waals surface area contributed by atoms with Gasteiger partial charge in [0.15, 0.2) is 0 Å². The average molecular weight is 493 g/mol. The second-order valence-corrected chi connectivity index (χ2v) is 9.81. The summed E-state index contributed by atoms with van der Waals surface area (Å²) in [6.45, 7) is 5.70. The molecule has 3 rings (SSSR count). The number of alkyl halides is 3. The van der Waals surface area contributed by atoms with Crippen LogP contribution in [0, 0.1) is 5.92 Å². The Morgan fingerprint density at radius 3 is 2.53 bits per heavy atom. The molecule has 182 valence electrons. The van der Waals surface area contributed by atoms with Gasteiger partial charge in [-0.05, 0) is 54.7 Å². The number of hydrogen-bond donors (Lipinski definition) is 2. The molecule has 34 heavy (non-hydrogen) atoms. The number of amides is 1. The molecule has 2 heterocycles. The summed E-state index contributed by atoms with van der Waals surface area (Å²) in [5.74, 6) is -0.0696. The van der Waals surface area contributed by atoms with Crippen molar-refractivity contribution in [2.45, 2.75) is 45.3 Å². The number of rotatable bonds is 9. The first-order chi connectivity index (χ1) is 15.9. The first-order valence-corrected chi connectivity index (χ1v) is 11.6. The molecule has 1 amide bonds. The number of nitrogens with two attached hydrogens (primary N) is 1. The zero-order chi connectivity index (χ0) is 24.9. The van der Waals surface area contributed by atoms with Crippen LogP contribution in [0.5, 0.6) is 5.75 Å². The minimum absolute atomic E-state index is 0.0435. The number of anilines is 1. The molecule has 0 spiro atoms. The Morgan fingerprint density at radius 2 is 1.88 bits per heavy atom. The Kier molecular flexibility index (Phi) is 7.93. The predicted octanol–water partition coefficient (Wildman–Crippen LogP) is 5.55. The Morgan fingerprint density at radius 1 is 1.15 bits per heavy atom. The van der Waals surface area contributed by atoms with Gasteiger partial charge in [0.05, 0.1) is 12.0 Å². The summed E-state index contributed by atoms with van der Waals surface area (Å²) in [7, 11) is 0. The SMILES string of the molecule is CC(C)C[C@](C)(N)COc1ccc(-c2ccnc(NC(=O)Cc3nccs3)c2)cc1C(F)(F)F. The lowest BCUT2D eigenvalue weighted by atomic mass is 9.93. The molecule has 0 radical (unpaired) electrons. The van der Waals surface area contributed by atoms with E-state index in [1.54, 1.807) is 24.6 Å². The maximum atomic E-state index is 13.8. The molecule has 0 saturated heterocycles. The number of hydrogen-bond acceptors (Lipinski definition) is 6. The molecular weight excluding hydrogens is 465 g/mol. The molecule has 0 aliphatic rings. The van der Waals surface area contributed by atoms with Crippen LogP contribution in [0.2, 0.25) is 0 Å². The summed E-state index contributed by atoms with van der Waals surface area (Å²) in [5, 5.41) is 5.08. The van der Waals surface area contributed by atoms with E-state index in [0.717, 1.165) is 6.07 Å². The third kappa shape index (κ3) is 7.26. The molecule has 10 heteroatoms. The molecule has 1 aromatic carbocycles. The van der Waals surface area contributed by atoms with Gasteiger partial charge in [-0.15, -0.1) is 11.3 Å². The van der Waals surface area contributed by atoms with Crippen molar-refractivity contribution < 1.29 is 22.7 Å². The zero-order valence-electron chi connectivity index (χ0n) is 19.1. The van der Waals surface area contributed by atoms with Crippen LogP contribution in [0.15, 0.2) is 48.1 Å². The Bertz CT molecular complexity index is 1120. The highest BCUT2D eigenvalue weighted by atomic mass is 32.1. The van der Waals surface area contributed by atoms with Crippen LogP contribution >= 0.6 is 11.3 Å². The largest absolute Gasteiger partial charge is 0.491 e. The van der Waals surface area contributed by atoms with Crippen LogP contribution in [0.25, 0.3) is 11.1 Å². The van der Waals surface area contributed by atoms with Gasteiger partial charge in [0.2, 0.25) is 5.91 Å². The second kappa shape index (κ2) is 10.5. The molecule has 1 atom stereocenters. The highest BCUT2D eigenvalue weighted by Crippen LogP contribution is 2.39. The molecule has 3 aromatic rings. The molecule has 2 aromatic heterocycles. The third-order valence-corrected chi connectivity index (χ3v) is 5.65. The monoisotopic (exact) mass is 492 g/mol. The summed E-state index contributed by atoms with van der Waals surface area (Å²) in [6, 6.07) is 6.96. The first kappa shape index (κ1) is 25.6. The predicted molar refractivity (Wildman–Crippen MR) is 127 cm³/mol. The van der Waals surface area contributed by atoms with Gasteiger partial charge in [0.1, 0.15) is 23.2 Å². The number of aromatic nitrogens is 2. The van der Waals surface area contributed by atoms with E-state index in [-0.39, 0.29) is 36.4 Å². The normalized spacial score (nSPS) is 13.5. The van der Waals surface area contributed by atoms with Crippen LogP contribution < -0.4 is 15.8 Å². The fraction of sp³-hybridized carbons (Fsp3) is 0.375. The van der Waals surface area contributed by atoms with E-state index < -0.39 is 17.3 Å². The Balaban J connectivity index is 1.80. The molecular formula is C24H27F3N4O2S. The lowest BCUT2D eigenvalue weighted by molar-refractivity contribution is -0.139. The summed E-state index contributed by atoms with van der Waals surface area (Å²) in [4.78, 5) is 20.4. The Labute approximate surface area is 200 Å². The first-order valence-electron chi connectivity index (χ1n) is 10.7. The van der Waals surface area contributed by atoms with E-state index in [1.807, 2.05) is 13.8 Å². The lowest BCUT2D eigenvalue weighted by Gasteiger charge is -2.27. The average Bonchev–Trinajstić information content (AvgIpc) is 3.23. The number of nitrogens with one attached hydrogen (secondary N) is 1. The summed E-state index contributed by atoms with van der Waals surface area (Å²) in [5.41, 5.74) is 5.33. The van der Waals surface area contributed by atoms with E-state index in [2.05, 4.69) is 15.3 Å². The second-order valence-electron chi connectivity index (χ2n) is 8.83. The van der Waals surface area contributed by atoms with Gasteiger partial charge in [-0.25, -0.2) is 9.97 Å². The summed E-state index contributed by atoms with van der Waals surface area (Å²) >= 11 is 1.36. The molecule has 0 fully saturated rings. The number of ether oxygens (including phenoxy) is 1. The Hall–Kier alpha value is -2.98. The molecule has 6 nitrogen and oxygen atoms in total. The standard InChI is InChI=1S/C24H27F3N4O2S/c1-15(2)13-23(3,28)14-33-19-5-4-16(10-18(19)24(25,26)27)17-6-7-29-20(11-17)31-21(32)12-22-30-8-9-34-22/h4-11,15H,12-14,28H2,1-3H3,(H,29,31,32)/t23-/m0/s1. The summed E-state index contributed by atoms with van der Waals surface area (Å²) in [6.07, 6.45) is -0.884. The van der Waals surface area contributed by atoms with Crippen molar-refractivity contribution >= 4 is 23.1 Å². The minimum atomic E-state index is -4.62. The lowest BCUT2D eigenvalue weighted by Crippen LogP contribution is -2.43. The van der Waals surface area contributed by atoms with Gasteiger partial charge < -0.3 is 15.8 Å². The van der Waals surface area contributed by atoms with Crippen LogP contribution in [-0.4, -0.2) is 28.0 Å². The molecule has 0 aliphatic carbocycles. The van der Waals surface area contributed by atoms with Crippen molar-refractivity contribution in [3.8, 4) is 16.9 Å². The van der Waals surface area contributed by atoms with Crippen LogP contribution in [0.3, 0.4) is 0 Å². The topological polar surface area (TPSA) is 90.1 Å². The van der Waals surface area contributed by atoms with Crippen LogP contribution in [0.1, 0.15) is 37.8 Å². The number of carbonyl (C=O) groups excluding carboxylic acids is 1. The number of pyridine rings is 1. The number of nitrogens with zero attached hydrogens (tertiary/aromatic N) is 2. The van der Waals surface area contributed by atoms with Crippen molar-refractivity contribution in [2.24, 2.45) is 11.7 Å². The molecule has 0 aliphatic heterocycles. The van der Waals surface area contributed by atoms with Crippen molar-refractivity contribution in [2.75, 3.05) is 11.9 Å². The van der Waals surface area contributed by atoms with Crippen molar-refractivity contribution in [1.29, 1.82) is 0 Å². The van der Waals surface area contributed by atoms with Crippen molar-refractivity contribution in [1.82, 2.24) is 9.97 Å². The third-order valence-electron chi connectivity index (χ3n) is 4.87. The number of halogens is 3. The van der Waals surface area contributed by atoms with Gasteiger partial charge in [-0.2, -0.15) is 13.2 Å². The maximum absolute atomic E-state index is 13.8. The maximum Gasteiger partial charge on any atom is 0.419 e. The minimum Gasteiger partial charge on any atom is -0.491 e. The fourth-order valence-corrected chi connectivity index (χ4v) is 4.25. The highest BCUT2D eigenvalue weighted by molar-refractivity contribution is 7.09.